The van der Waals surface area contributed by atoms with Gasteiger partial charge < -0.3 is 14.5 Å². The third-order valence-electron chi connectivity index (χ3n) is 4.01. The fourth-order valence-electron chi connectivity index (χ4n) is 2.71. The molecule has 6 heteroatoms. The van der Waals surface area contributed by atoms with E-state index in [1.807, 2.05) is 18.2 Å². The van der Waals surface area contributed by atoms with Gasteiger partial charge in [0.1, 0.15) is 11.8 Å². The number of aromatic nitrogens is 1. The Morgan fingerprint density at radius 3 is 2.26 bits per heavy atom. The molecule has 1 aliphatic heterocycles. The van der Waals surface area contributed by atoms with Crippen LogP contribution in [0.5, 0.6) is 5.75 Å². The summed E-state index contributed by atoms with van der Waals surface area (Å²) in [5.41, 5.74) is 2.28. The van der Waals surface area contributed by atoms with Crippen LogP contribution in [0.4, 0.5) is 15.8 Å². The van der Waals surface area contributed by atoms with Crippen molar-refractivity contribution in [1.82, 2.24) is 4.98 Å². The molecule has 118 valence electrons. The number of halogens is 1. The number of nitrogens with zero attached hydrogens (tertiary/aromatic N) is 4. The van der Waals surface area contributed by atoms with E-state index in [0.29, 0.717) is 5.69 Å². The Labute approximate surface area is 134 Å². The summed E-state index contributed by atoms with van der Waals surface area (Å²) in [6, 6.07) is 10.7. The third kappa shape index (κ3) is 3.19. The fraction of sp³-hybridized carbons (Fsp3) is 0.294. The molecule has 1 aromatic heterocycles. The molecular weight excluding hydrogens is 295 g/mol. The van der Waals surface area contributed by atoms with Crippen LogP contribution in [0.25, 0.3) is 0 Å². The van der Waals surface area contributed by atoms with E-state index in [9.17, 15) is 4.39 Å². The zero-order valence-corrected chi connectivity index (χ0v) is 12.9. The number of hydrogen-bond donors (Lipinski definition) is 0. The Morgan fingerprint density at radius 2 is 1.74 bits per heavy atom. The molecule has 23 heavy (non-hydrogen) atoms. The molecule has 1 aliphatic rings. The first-order valence-corrected chi connectivity index (χ1v) is 7.41. The van der Waals surface area contributed by atoms with Crippen molar-refractivity contribution < 1.29 is 9.13 Å². The Balaban J connectivity index is 1.66. The van der Waals surface area contributed by atoms with Crippen LogP contribution >= 0.6 is 0 Å². The summed E-state index contributed by atoms with van der Waals surface area (Å²) in [5.74, 6) is -0.0836. The minimum atomic E-state index is -0.344. The highest BCUT2D eigenvalue weighted by Crippen LogP contribution is 2.25. The van der Waals surface area contributed by atoms with Crippen molar-refractivity contribution in [2.45, 2.75) is 0 Å². The summed E-state index contributed by atoms with van der Waals surface area (Å²) in [4.78, 5) is 8.46. The van der Waals surface area contributed by atoms with Gasteiger partial charge in [-0.25, -0.2) is 9.37 Å². The predicted molar refractivity (Wildman–Crippen MR) is 86.3 cm³/mol. The van der Waals surface area contributed by atoms with Gasteiger partial charge in [0.2, 0.25) is 0 Å². The summed E-state index contributed by atoms with van der Waals surface area (Å²) >= 11 is 0. The molecule has 0 amide bonds. The second kappa shape index (κ2) is 6.53. The van der Waals surface area contributed by atoms with Gasteiger partial charge in [0.15, 0.2) is 11.6 Å². The van der Waals surface area contributed by atoms with Crippen LogP contribution in [0, 0.1) is 17.1 Å². The molecule has 3 rings (SSSR count). The van der Waals surface area contributed by atoms with Gasteiger partial charge in [-0.05, 0) is 24.3 Å². The van der Waals surface area contributed by atoms with Gasteiger partial charge in [0.25, 0.3) is 0 Å². The van der Waals surface area contributed by atoms with Crippen molar-refractivity contribution in [2.75, 3.05) is 43.1 Å². The number of pyridine rings is 1. The molecular formula is C17H17FN4O. The van der Waals surface area contributed by atoms with E-state index in [1.165, 1.54) is 13.2 Å². The SMILES string of the molecule is COc1ccc(N2CCN(c3ccc(C#N)nc3)CC2)cc1F. The Hall–Kier alpha value is -2.81. The maximum absolute atomic E-state index is 13.8. The topological polar surface area (TPSA) is 52.4 Å². The van der Waals surface area contributed by atoms with Crippen molar-refractivity contribution in [3.63, 3.8) is 0 Å². The lowest BCUT2D eigenvalue weighted by Crippen LogP contribution is -2.46. The summed E-state index contributed by atoms with van der Waals surface area (Å²) in [6.07, 6.45) is 1.72. The molecule has 1 aromatic carbocycles. The first-order chi connectivity index (χ1) is 11.2. The molecule has 0 radical (unpaired) electrons. The van der Waals surface area contributed by atoms with E-state index in [0.717, 1.165) is 37.6 Å². The molecule has 5 nitrogen and oxygen atoms in total. The molecule has 0 bridgehead atoms. The Kier molecular flexibility index (Phi) is 4.29. The second-order valence-electron chi connectivity index (χ2n) is 5.31. The van der Waals surface area contributed by atoms with E-state index >= 15 is 0 Å². The number of ether oxygens (including phenoxy) is 1. The van der Waals surface area contributed by atoms with Crippen LogP contribution < -0.4 is 14.5 Å². The molecule has 0 atom stereocenters. The van der Waals surface area contributed by atoms with Crippen molar-refractivity contribution >= 4 is 11.4 Å². The average molecular weight is 312 g/mol. The van der Waals surface area contributed by atoms with Crippen LogP contribution in [0.15, 0.2) is 36.5 Å². The molecule has 1 saturated heterocycles. The largest absolute Gasteiger partial charge is 0.494 e. The highest BCUT2D eigenvalue weighted by Gasteiger charge is 2.18. The molecule has 0 unspecified atom stereocenters. The van der Waals surface area contributed by atoms with Crippen molar-refractivity contribution in [2.24, 2.45) is 0 Å². The Morgan fingerprint density at radius 1 is 1.09 bits per heavy atom. The lowest BCUT2D eigenvalue weighted by molar-refractivity contribution is 0.386. The van der Waals surface area contributed by atoms with Crippen molar-refractivity contribution in [3.05, 3.63) is 48.0 Å². The average Bonchev–Trinajstić information content (AvgIpc) is 2.62. The number of hydrogen-bond acceptors (Lipinski definition) is 5. The van der Waals surface area contributed by atoms with Crippen LogP contribution in [-0.4, -0.2) is 38.3 Å². The minimum Gasteiger partial charge on any atom is -0.494 e. The van der Waals surface area contributed by atoms with Gasteiger partial charge in [-0.3, -0.25) is 0 Å². The predicted octanol–water partition coefficient (Wildman–Crippen LogP) is 2.43. The van der Waals surface area contributed by atoms with Crippen LogP contribution in [0.1, 0.15) is 5.69 Å². The van der Waals surface area contributed by atoms with E-state index in [-0.39, 0.29) is 11.6 Å². The quantitative estimate of drug-likeness (QED) is 0.871. The Bertz CT molecular complexity index is 718. The molecule has 0 N–H and O–H groups in total. The monoisotopic (exact) mass is 312 g/mol. The molecule has 2 heterocycles. The molecule has 1 fully saturated rings. The van der Waals surface area contributed by atoms with Gasteiger partial charge in [-0.15, -0.1) is 0 Å². The number of benzene rings is 1. The second-order valence-corrected chi connectivity index (χ2v) is 5.31. The van der Waals surface area contributed by atoms with Crippen molar-refractivity contribution in [1.29, 1.82) is 5.26 Å². The van der Waals surface area contributed by atoms with Crippen LogP contribution in [0.2, 0.25) is 0 Å². The van der Waals surface area contributed by atoms with Gasteiger partial charge >= 0.3 is 0 Å². The zero-order chi connectivity index (χ0) is 16.2. The minimum absolute atomic E-state index is 0.260. The molecule has 0 spiro atoms. The van der Waals surface area contributed by atoms with Crippen molar-refractivity contribution in [3.8, 4) is 11.8 Å². The van der Waals surface area contributed by atoms with Gasteiger partial charge in [0.05, 0.1) is 19.0 Å². The fourth-order valence-corrected chi connectivity index (χ4v) is 2.71. The normalized spacial score (nSPS) is 14.5. The lowest BCUT2D eigenvalue weighted by atomic mass is 10.2. The van der Waals surface area contributed by atoms with Gasteiger partial charge in [-0.1, -0.05) is 0 Å². The molecule has 0 saturated carbocycles. The number of nitriles is 1. The maximum Gasteiger partial charge on any atom is 0.167 e. The van der Waals surface area contributed by atoms with Gasteiger partial charge in [-0.2, -0.15) is 5.26 Å². The summed E-state index contributed by atoms with van der Waals surface area (Å²) in [6.45, 7) is 3.24. The summed E-state index contributed by atoms with van der Waals surface area (Å²) in [7, 11) is 1.46. The van der Waals surface area contributed by atoms with E-state index in [1.54, 1.807) is 18.3 Å². The first-order valence-electron chi connectivity index (χ1n) is 7.41. The number of piperazine rings is 1. The third-order valence-corrected chi connectivity index (χ3v) is 4.01. The lowest BCUT2D eigenvalue weighted by Gasteiger charge is -2.37. The molecule has 2 aromatic rings. The van der Waals surface area contributed by atoms with Crippen LogP contribution in [0.3, 0.4) is 0 Å². The van der Waals surface area contributed by atoms with E-state index in [4.69, 9.17) is 10.00 Å². The summed E-state index contributed by atoms with van der Waals surface area (Å²) in [5, 5.41) is 8.79. The highest BCUT2D eigenvalue weighted by atomic mass is 19.1. The number of rotatable bonds is 3. The number of methoxy groups -OCH3 is 1. The molecule has 0 aliphatic carbocycles. The highest BCUT2D eigenvalue weighted by molar-refractivity contribution is 5.53. The van der Waals surface area contributed by atoms with Gasteiger partial charge in [0, 0.05) is 37.9 Å². The standard InChI is InChI=1S/C17H17FN4O/c1-23-17-5-4-14(10-16(17)18)21-6-8-22(9-7-21)15-3-2-13(11-19)20-12-15/h2-5,10,12H,6-9H2,1H3. The smallest absolute Gasteiger partial charge is 0.167 e. The zero-order valence-electron chi connectivity index (χ0n) is 12.9. The van der Waals surface area contributed by atoms with E-state index < -0.39 is 0 Å². The number of anilines is 2. The van der Waals surface area contributed by atoms with E-state index in [2.05, 4.69) is 14.8 Å². The van der Waals surface area contributed by atoms with Crippen LogP contribution in [-0.2, 0) is 0 Å². The summed E-state index contributed by atoms with van der Waals surface area (Å²) < 4.78 is 18.8. The first kappa shape index (κ1) is 15.1. The maximum atomic E-state index is 13.8.